The lowest BCUT2D eigenvalue weighted by molar-refractivity contribution is -0.678. The van der Waals surface area contributed by atoms with Gasteiger partial charge in [-0.25, -0.2) is 0 Å². The molecule has 2 aromatic carbocycles. The van der Waals surface area contributed by atoms with Crippen LogP contribution in [0.3, 0.4) is 0 Å². The summed E-state index contributed by atoms with van der Waals surface area (Å²) in [6.07, 6.45) is 1.65. The first-order chi connectivity index (χ1) is 12.3. The second kappa shape index (κ2) is 8.17. The maximum atomic E-state index is 12.3. The van der Waals surface area contributed by atoms with Crippen LogP contribution in [0.5, 0.6) is 5.75 Å². The molecular weight excluding hydrogens is 316 g/mol. The molecule has 0 saturated carbocycles. The Morgan fingerprint density at radius 2 is 1.96 bits per heavy atom. The highest BCUT2D eigenvalue weighted by molar-refractivity contribution is 5.91. The van der Waals surface area contributed by atoms with Gasteiger partial charge in [-0.3, -0.25) is 4.79 Å². The third-order valence-electron chi connectivity index (χ3n) is 3.90. The standard InChI is InChI=1S/C20H20N2O3/c1-24-17-10-5-9-16(13-17)22-19(23)14-21-20(18-11-6-12-25-18)15-7-3-2-4-8-15/h2-13,20-21H,14H2,1H3,(H,22,23)/p+1/t20-/m0/s1. The molecule has 0 aliphatic heterocycles. The van der Waals surface area contributed by atoms with Crippen molar-refractivity contribution in [2.45, 2.75) is 6.04 Å². The van der Waals surface area contributed by atoms with E-state index in [0.29, 0.717) is 11.4 Å². The maximum Gasteiger partial charge on any atom is 0.279 e. The van der Waals surface area contributed by atoms with Crippen molar-refractivity contribution in [3.05, 3.63) is 84.3 Å². The first-order valence-electron chi connectivity index (χ1n) is 8.12. The number of hydrogen-bond acceptors (Lipinski definition) is 3. The molecule has 0 aliphatic rings. The van der Waals surface area contributed by atoms with Gasteiger partial charge in [-0.2, -0.15) is 0 Å². The third kappa shape index (κ3) is 4.49. The number of carbonyl (C=O) groups excluding carboxylic acids is 1. The molecule has 0 bridgehead atoms. The van der Waals surface area contributed by atoms with Crippen LogP contribution in [-0.2, 0) is 4.79 Å². The van der Waals surface area contributed by atoms with E-state index in [2.05, 4.69) is 5.32 Å². The lowest BCUT2D eigenvalue weighted by Gasteiger charge is -2.14. The summed E-state index contributed by atoms with van der Waals surface area (Å²) in [5.74, 6) is 1.45. The van der Waals surface area contributed by atoms with Gasteiger partial charge in [-0.05, 0) is 24.3 Å². The molecular formula is C20H21N2O3+. The molecule has 0 saturated heterocycles. The van der Waals surface area contributed by atoms with Crippen LogP contribution in [-0.4, -0.2) is 19.6 Å². The van der Waals surface area contributed by atoms with Gasteiger partial charge in [0.2, 0.25) is 0 Å². The molecule has 0 aliphatic carbocycles. The van der Waals surface area contributed by atoms with E-state index < -0.39 is 0 Å². The number of benzene rings is 2. The Morgan fingerprint density at radius 1 is 1.12 bits per heavy atom. The van der Waals surface area contributed by atoms with E-state index in [9.17, 15) is 4.79 Å². The fourth-order valence-electron chi connectivity index (χ4n) is 2.68. The van der Waals surface area contributed by atoms with Crippen LogP contribution in [0, 0.1) is 0 Å². The molecule has 0 unspecified atom stereocenters. The van der Waals surface area contributed by atoms with Gasteiger partial charge in [0.25, 0.3) is 5.91 Å². The molecule has 1 amide bonds. The van der Waals surface area contributed by atoms with Crippen molar-refractivity contribution in [1.82, 2.24) is 0 Å². The van der Waals surface area contributed by atoms with Crippen LogP contribution >= 0.6 is 0 Å². The van der Waals surface area contributed by atoms with Crippen LogP contribution in [0.4, 0.5) is 5.69 Å². The molecule has 5 heteroatoms. The summed E-state index contributed by atoms with van der Waals surface area (Å²) >= 11 is 0. The Kier molecular flexibility index (Phi) is 5.49. The van der Waals surface area contributed by atoms with Gasteiger partial charge in [-0.1, -0.05) is 36.4 Å². The topological polar surface area (TPSA) is 68.1 Å². The average Bonchev–Trinajstić information content (AvgIpc) is 3.17. The molecule has 0 spiro atoms. The minimum absolute atomic E-state index is 0.0627. The Balaban J connectivity index is 1.66. The van der Waals surface area contributed by atoms with Crippen LogP contribution in [0.15, 0.2) is 77.4 Å². The summed E-state index contributed by atoms with van der Waals surface area (Å²) in [5, 5.41) is 4.85. The molecule has 3 N–H and O–H groups in total. The largest absolute Gasteiger partial charge is 0.497 e. The van der Waals surface area contributed by atoms with Gasteiger partial charge in [0.05, 0.1) is 13.4 Å². The quantitative estimate of drug-likeness (QED) is 0.696. The molecule has 1 heterocycles. The number of furan rings is 1. The van der Waals surface area contributed by atoms with Gasteiger partial charge in [-0.15, -0.1) is 0 Å². The number of methoxy groups -OCH3 is 1. The predicted octanol–water partition coefficient (Wildman–Crippen LogP) is 2.58. The van der Waals surface area contributed by atoms with E-state index in [1.165, 1.54) is 0 Å². The van der Waals surface area contributed by atoms with Gasteiger partial charge < -0.3 is 19.8 Å². The smallest absolute Gasteiger partial charge is 0.279 e. The number of nitrogens with two attached hydrogens (primary N) is 1. The van der Waals surface area contributed by atoms with E-state index in [1.54, 1.807) is 19.4 Å². The molecule has 3 rings (SSSR count). The molecule has 25 heavy (non-hydrogen) atoms. The van der Waals surface area contributed by atoms with Gasteiger partial charge >= 0.3 is 0 Å². The molecule has 0 fully saturated rings. The highest BCUT2D eigenvalue weighted by Crippen LogP contribution is 2.19. The minimum Gasteiger partial charge on any atom is -0.497 e. The van der Waals surface area contributed by atoms with Crippen molar-refractivity contribution in [1.29, 1.82) is 0 Å². The monoisotopic (exact) mass is 337 g/mol. The van der Waals surface area contributed by atoms with Gasteiger partial charge in [0.1, 0.15) is 5.75 Å². The Morgan fingerprint density at radius 3 is 2.68 bits per heavy atom. The van der Waals surface area contributed by atoms with Crippen LogP contribution in [0.2, 0.25) is 0 Å². The average molecular weight is 337 g/mol. The number of amides is 1. The minimum atomic E-state index is -0.0826. The zero-order chi connectivity index (χ0) is 17.5. The highest BCUT2D eigenvalue weighted by atomic mass is 16.5. The van der Waals surface area contributed by atoms with Crippen LogP contribution in [0.25, 0.3) is 0 Å². The number of anilines is 1. The van der Waals surface area contributed by atoms with E-state index in [1.807, 2.05) is 66.0 Å². The van der Waals surface area contributed by atoms with Crippen molar-refractivity contribution < 1.29 is 19.3 Å². The molecule has 0 radical (unpaired) electrons. The second-order valence-electron chi connectivity index (χ2n) is 5.62. The predicted molar refractivity (Wildman–Crippen MR) is 95.4 cm³/mol. The number of hydrogen-bond donors (Lipinski definition) is 2. The fourth-order valence-corrected chi connectivity index (χ4v) is 2.68. The Hall–Kier alpha value is -3.05. The Labute approximate surface area is 146 Å². The zero-order valence-electron chi connectivity index (χ0n) is 14.0. The summed E-state index contributed by atoms with van der Waals surface area (Å²) < 4.78 is 10.7. The van der Waals surface area contributed by atoms with E-state index in [4.69, 9.17) is 9.15 Å². The number of rotatable bonds is 7. The summed E-state index contributed by atoms with van der Waals surface area (Å²) in [4.78, 5) is 12.3. The summed E-state index contributed by atoms with van der Waals surface area (Å²) in [6, 6.07) is 21.0. The molecule has 5 nitrogen and oxygen atoms in total. The van der Waals surface area contributed by atoms with Crippen LogP contribution in [0.1, 0.15) is 17.4 Å². The first-order valence-corrected chi connectivity index (χ1v) is 8.12. The van der Waals surface area contributed by atoms with Gasteiger partial charge in [0.15, 0.2) is 18.3 Å². The summed E-state index contributed by atoms with van der Waals surface area (Å²) in [6.45, 7) is 0.275. The Bertz CT molecular complexity index is 801. The van der Waals surface area contributed by atoms with Crippen molar-refractivity contribution in [3.8, 4) is 5.75 Å². The van der Waals surface area contributed by atoms with E-state index in [0.717, 1.165) is 11.3 Å². The highest BCUT2D eigenvalue weighted by Gasteiger charge is 2.21. The molecule has 1 atom stereocenters. The number of nitrogens with one attached hydrogen (secondary N) is 1. The molecule has 128 valence electrons. The maximum absolute atomic E-state index is 12.3. The summed E-state index contributed by atoms with van der Waals surface area (Å²) in [5.41, 5.74) is 1.80. The van der Waals surface area contributed by atoms with Crippen molar-refractivity contribution in [2.75, 3.05) is 19.0 Å². The summed E-state index contributed by atoms with van der Waals surface area (Å²) in [7, 11) is 1.60. The fraction of sp³-hybridized carbons (Fsp3) is 0.150. The molecule has 1 aromatic heterocycles. The lowest BCUT2D eigenvalue weighted by atomic mass is 10.0. The number of carbonyl (C=O) groups is 1. The van der Waals surface area contributed by atoms with Gasteiger partial charge in [0, 0.05) is 17.3 Å². The third-order valence-corrected chi connectivity index (χ3v) is 3.90. The van der Waals surface area contributed by atoms with Crippen molar-refractivity contribution in [2.24, 2.45) is 0 Å². The van der Waals surface area contributed by atoms with Crippen LogP contribution < -0.4 is 15.4 Å². The first kappa shape index (κ1) is 16.8. The van der Waals surface area contributed by atoms with E-state index in [-0.39, 0.29) is 18.5 Å². The van der Waals surface area contributed by atoms with Crippen molar-refractivity contribution in [3.63, 3.8) is 0 Å². The SMILES string of the molecule is COc1cccc(NC(=O)C[NH2+][C@@H](c2ccccc2)c2ccco2)c1. The second-order valence-corrected chi connectivity index (χ2v) is 5.62. The number of quaternary nitrogens is 1. The molecule has 3 aromatic rings. The number of ether oxygens (including phenoxy) is 1. The van der Waals surface area contributed by atoms with Crippen molar-refractivity contribution >= 4 is 11.6 Å². The van der Waals surface area contributed by atoms with E-state index >= 15 is 0 Å². The zero-order valence-corrected chi connectivity index (χ0v) is 14.0. The lowest BCUT2D eigenvalue weighted by Crippen LogP contribution is -2.87. The normalized spacial score (nSPS) is 11.7.